The Morgan fingerprint density at radius 2 is 1.54 bits per heavy atom. The smallest absolute Gasteiger partial charge is 0.406 e. The molecule has 0 aliphatic heterocycles. The van der Waals surface area contributed by atoms with Crippen LogP contribution in [0.15, 0.2) is 54.6 Å². The van der Waals surface area contributed by atoms with Gasteiger partial charge in [0.25, 0.3) is 5.91 Å². The van der Waals surface area contributed by atoms with Gasteiger partial charge in [0.15, 0.2) is 0 Å². The van der Waals surface area contributed by atoms with Crippen molar-refractivity contribution in [1.29, 1.82) is 0 Å². The van der Waals surface area contributed by atoms with E-state index >= 15 is 0 Å². The van der Waals surface area contributed by atoms with Gasteiger partial charge in [0.2, 0.25) is 5.91 Å². The number of ether oxygens (including phenoxy) is 1. The molecule has 0 aliphatic carbocycles. The van der Waals surface area contributed by atoms with E-state index in [4.69, 9.17) is 0 Å². The molecule has 0 aliphatic rings. The molecule has 8 heteroatoms. The van der Waals surface area contributed by atoms with Crippen molar-refractivity contribution in [2.24, 2.45) is 0 Å². The van der Waals surface area contributed by atoms with E-state index in [9.17, 15) is 22.8 Å². The molecule has 0 spiro atoms. The minimum Gasteiger partial charge on any atom is -0.406 e. The van der Waals surface area contributed by atoms with Crippen molar-refractivity contribution in [1.82, 2.24) is 10.9 Å². The number of hydrogen-bond donors (Lipinski definition) is 2. The molecule has 0 atom stereocenters. The van der Waals surface area contributed by atoms with Crippen molar-refractivity contribution in [3.63, 3.8) is 0 Å². The number of benzene rings is 2. The lowest BCUT2D eigenvalue weighted by atomic mass is 10.1. The van der Waals surface area contributed by atoms with Gasteiger partial charge >= 0.3 is 6.36 Å². The van der Waals surface area contributed by atoms with Crippen LogP contribution in [-0.2, 0) is 11.2 Å². The third kappa shape index (κ3) is 5.64. The van der Waals surface area contributed by atoms with Crippen LogP contribution in [0.3, 0.4) is 0 Å². The largest absolute Gasteiger partial charge is 0.573 e. The standard InChI is InChI=1S/C16H13F3N2O3/c17-16(18,19)24-13-8-6-12(7-9-13)15(23)21-20-14(22)10-11-4-2-1-3-5-11/h1-9H,10H2,(H,20,22)(H,21,23). The SMILES string of the molecule is O=C(Cc1ccccc1)NNC(=O)c1ccc(OC(F)(F)F)cc1. The van der Waals surface area contributed by atoms with Crippen LogP contribution in [0, 0.1) is 0 Å². The second-order valence-electron chi connectivity index (χ2n) is 4.74. The number of rotatable bonds is 4. The fraction of sp³-hybridized carbons (Fsp3) is 0.125. The Balaban J connectivity index is 1.85. The lowest BCUT2D eigenvalue weighted by Gasteiger charge is -2.10. The van der Waals surface area contributed by atoms with Gasteiger partial charge in [-0.05, 0) is 29.8 Å². The molecule has 0 saturated carbocycles. The van der Waals surface area contributed by atoms with E-state index in [1.165, 1.54) is 0 Å². The summed E-state index contributed by atoms with van der Waals surface area (Å²) >= 11 is 0. The molecular formula is C16H13F3N2O3. The lowest BCUT2D eigenvalue weighted by molar-refractivity contribution is -0.274. The fourth-order valence-corrected chi connectivity index (χ4v) is 1.83. The molecule has 0 fully saturated rings. The summed E-state index contributed by atoms with van der Waals surface area (Å²) in [7, 11) is 0. The van der Waals surface area contributed by atoms with Crippen LogP contribution in [-0.4, -0.2) is 18.2 Å². The van der Waals surface area contributed by atoms with E-state index < -0.39 is 23.9 Å². The van der Waals surface area contributed by atoms with Crippen LogP contribution in [0.2, 0.25) is 0 Å². The van der Waals surface area contributed by atoms with Gasteiger partial charge in [-0.1, -0.05) is 30.3 Å². The summed E-state index contributed by atoms with van der Waals surface area (Å²) in [6.45, 7) is 0. The molecule has 24 heavy (non-hydrogen) atoms. The maximum atomic E-state index is 12.0. The summed E-state index contributed by atoms with van der Waals surface area (Å²) in [6.07, 6.45) is -4.71. The second-order valence-corrected chi connectivity index (χ2v) is 4.74. The monoisotopic (exact) mass is 338 g/mol. The molecule has 0 radical (unpaired) electrons. The Labute approximate surface area is 135 Å². The predicted molar refractivity (Wildman–Crippen MR) is 78.9 cm³/mol. The van der Waals surface area contributed by atoms with Gasteiger partial charge in [0.1, 0.15) is 5.75 Å². The van der Waals surface area contributed by atoms with E-state index in [-0.39, 0.29) is 12.0 Å². The quantitative estimate of drug-likeness (QED) is 0.842. The van der Waals surface area contributed by atoms with Gasteiger partial charge in [-0.15, -0.1) is 13.2 Å². The second kappa shape index (κ2) is 7.49. The molecule has 0 heterocycles. The maximum Gasteiger partial charge on any atom is 0.573 e. The first-order valence-electron chi connectivity index (χ1n) is 6.82. The fourth-order valence-electron chi connectivity index (χ4n) is 1.83. The summed E-state index contributed by atoms with van der Waals surface area (Å²) in [4.78, 5) is 23.5. The van der Waals surface area contributed by atoms with Gasteiger partial charge in [0.05, 0.1) is 6.42 Å². The van der Waals surface area contributed by atoms with Crippen LogP contribution < -0.4 is 15.6 Å². The van der Waals surface area contributed by atoms with Gasteiger partial charge < -0.3 is 4.74 Å². The zero-order valence-corrected chi connectivity index (χ0v) is 12.3. The zero-order valence-electron chi connectivity index (χ0n) is 12.3. The van der Waals surface area contributed by atoms with Crippen molar-refractivity contribution >= 4 is 11.8 Å². The topological polar surface area (TPSA) is 67.4 Å². The van der Waals surface area contributed by atoms with Gasteiger partial charge in [0, 0.05) is 5.56 Å². The van der Waals surface area contributed by atoms with Crippen molar-refractivity contribution < 1.29 is 27.5 Å². The molecule has 126 valence electrons. The van der Waals surface area contributed by atoms with Crippen molar-refractivity contribution in [3.8, 4) is 5.75 Å². The third-order valence-electron chi connectivity index (χ3n) is 2.87. The first-order chi connectivity index (χ1) is 11.3. The highest BCUT2D eigenvalue weighted by Crippen LogP contribution is 2.22. The van der Waals surface area contributed by atoms with Gasteiger partial charge in [-0.2, -0.15) is 0 Å². The van der Waals surface area contributed by atoms with E-state index in [1.807, 2.05) is 6.07 Å². The number of alkyl halides is 3. The Morgan fingerprint density at radius 3 is 2.12 bits per heavy atom. The van der Waals surface area contributed by atoms with Gasteiger partial charge in [-0.25, -0.2) is 0 Å². The van der Waals surface area contributed by atoms with Crippen LogP contribution in [0.5, 0.6) is 5.75 Å². The molecular weight excluding hydrogens is 325 g/mol. The summed E-state index contributed by atoms with van der Waals surface area (Å²) in [5.74, 6) is -1.52. The number of hydrogen-bond acceptors (Lipinski definition) is 3. The third-order valence-corrected chi connectivity index (χ3v) is 2.87. The lowest BCUT2D eigenvalue weighted by Crippen LogP contribution is -2.42. The first-order valence-corrected chi connectivity index (χ1v) is 6.82. The summed E-state index contributed by atoms with van der Waals surface area (Å²) in [5.41, 5.74) is 5.27. The Bertz CT molecular complexity index is 701. The number of hydrazine groups is 1. The molecule has 2 aromatic rings. The average Bonchev–Trinajstić information content (AvgIpc) is 2.53. The summed E-state index contributed by atoms with van der Waals surface area (Å²) in [5, 5.41) is 0. The molecule has 2 aromatic carbocycles. The Hall–Kier alpha value is -3.03. The number of halogens is 3. The maximum absolute atomic E-state index is 12.0. The minimum absolute atomic E-state index is 0.0736. The minimum atomic E-state index is -4.80. The number of amides is 2. The predicted octanol–water partition coefficient (Wildman–Crippen LogP) is 2.59. The Kier molecular flexibility index (Phi) is 5.41. The highest BCUT2D eigenvalue weighted by atomic mass is 19.4. The van der Waals surface area contributed by atoms with Crippen LogP contribution in [0.4, 0.5) is 13.2 Å². The Morgan fingerprint density at radius 1 is 0.917 bits per heavy atom. The highest BCUT2D eigenvalue weighted by Gasteiger charge is 2.31. The normalized spacial score (nSPS) is 10.8. The molecule has 0 bridgehead atoms. The molecule has 2 N–H and O–H groups in total. The molecule has 0 aromatic heterocycles. The molecule has 2 amide bonds. The molecule has 5 nitrogen and oxygen atoms in total. The van der Waals surface area contributed by atoms with Crippen molar-refractivity contribution in [2.45, 2.75) is 12.8 Å². The van der Waals surface area contributed by atoms with E-state index in [0.717, 1.165) is 29.8 Å². The van der Waals surface area contributed by atoms with Crippen LogP contribution >= 0.6 is 0 Å². The van der Waals surface area contributed by atoms with Crippen molar-refractivity contribution in [2.75, 3.05) is 0 Å². The van der Waals surface area contributed by atoms with Gasteiger partial charge in [-0.3, -0.25) is 20.4 Å². The van der Waals surface area contributed by atoms with E-state index in [1.54, 1.807) is 24.3 Å². The highest BCUT2D eigenvalue weighted by molar-refractivity contribution is 5.95. The zero-order chi connectivity index (χ0) is 17.6. The summed E-state index contributed by atoms with van der Waals surface area (Å²) < 4.78 is 39.8. The number of carbonyl (C=O) groups excluding carboxylic acids is 2. The van der Waals surface area contributed by atoms with Crippen LogP contribution in [0.1, 0.15) is 15.9 Å². The van der Waals surface area contributed by atoms with Crippen LogP contribution in [0.25, 0.3) is 0 Å². The van der Waals surface area contributed by atoms with E-state index in [0.29, 0.717) is 0 Å². The molecule has 0 saturated heterocycles. The first kappa shape index (κ1) is 17.3. The summed E-state index contributed by atoms with van der Waals surface area (Å²) in [6, 6.07) is 13.2. The molecule has 2 rings (SSSR count). The average molecular weight is 338 g/mol. The molecule has 0 unspecified atom stereocenters. The number of carbonyl (C=O) groups is 2. The van der Waals surface area contributed by atoms with Crippen molar-refractivity contribution in [3.05, 3.63) is 65.7 Å². The number of nitrogens with one attached hydrogen (secondary N) is 2. The van der Waals surface area contributed by atoms with E-state index in [2.05, 4.69) is 15.6 Å².